The van der Waals surface area contributed by atoms with Gasteiger partial charge in [0.2, 0.25) is 17.7 Å². The van der Waals surface area contributed by atoms with Gasteiger partial charge in [-0.15, -0.1) is 0 Å². The largest absolute Gasteiger partial charge is 0.489 e. The highest BCUT2D eigenvalue weighted by Crippen LogP contribution is 3.09. The lowest BCUT2D eigenvalue weighted by Crippen LogP contribution is -2.52. The van der Waals surface area contributed by atoms with Crippen molar-refractivity contribution >= 4 is 33.7 Å². The first-order valence-corrected chi connectivity index (χ1v) is 18.2. The molecule has 0 saturated carbocycles. The van der Waals surface area contributed by atoms with E-state index in [4.69, 9.17) is 4.74 Å². The predicted molar refractivity (Wildman–Crippen MR) is 167 cm³/mol. The first-order valence-electron chi connectivity index (χ1n) is 16.2. The van der Waals surface area contributed by atoms with E-state index in [0.717, 1.165) is 55.5 Å². The Bertz CT molecular complexity index is 1520. The Labute approximate surface area is 259 Å². The molecule has 2 aromatic rings. The monoisotopic (exact) mass is 616 g/mol. The van der Waals surface area contributed by atoms with Crippen molar-refractivity contribution in [3.8, 4) is 5.75 Å². The van der Waals surface area contributed by atoms with Crippen molar-refractivity contribution in [1.82, 2.24) is 20.0 Å². The summed E-state index contributed by atoms with van der Waals surface area (Å²) in [7, 11) is 0.0577. The molecular weight excluding hydrogens is 576 g/mol. The third kappa shape index (κ3) is 5.00. The molecule has 2 aromatic carbocycles. The molecular formula is C34H40N4O5S. The molecule has 44 heavy (non-hydrogen) atoms. The number of nitrogens with zero attached hydrogens (tertiary/aromatic N) is 3. The fourth-order valence-corrected chi connectivity index (χ4v) is 13.2. The van der Waals surface area contributed by atoms with Crippen molar-refractivity contribution in [1.29, 1.82) is 0 Å². The van der Waals surface area contributed by atoms with Crippen LogP contribution in [0.15, 0.2) is 42.5 Å². The molecule has 232 valence electrons. The number of imide groups is 1. The second-order valence-electron chi connectivity index (χ2n) is 13.3. The van der Waals surface area contributed by atoms with Crippen LogP contribution in [0.4, 0.5) is 0 Å². The van der Waals surface area contributed by atoms with Crippen LogP contribution >= 0.6 is 10.0 Å². The van der Waals surface area contributed by atoms with E-state index in [-0.39, 0.29) is 34.8 Å². The fourth-order valence-electron chi connectivity index (χ4n) is 7.90. The SMILES string of the molecule is O=C1CCC(N2Cc3c(OCc4ccc(CN5CCN(C(=O)CCCCC6C7C8CS687)CC5)cc4)cccc3C2=O)C(=O)N1. The number of benzene rings is 2. The average Bonchev–Trinajstić information content (AvgIpc) is 3.96. The molecule has 9 nitrogen and oxygen atoms in total. The molecule has 5 atom stereocenters. The maximum Gasteiger partial charge on any atom is 0.255 e. The minimum absolute atomic E-state index is 0.0577. The van der Waals surface area contributed by atoms with Crippen molar-refractivity contribution in [2.75, 3.05) is 31.9 Å². The van der Waals surface area contributed by atoms with E-state index in [1.165, 1.54) is 28.9 Å². The number of amides is 4. The van der Waals surface area contributed by atoms with Gasteiger partial charge in [-0.3, -0.25) is 29.4 Å². The second-order valence-corrected chi connectivity index (χ2v) is 17.2. The molecule has 1 spiro atoms. The van der Waals surface area contributed by atoms with Gasteiger partial charge in [0.1, 0.15) is 18.4 Å². The molecule has 0 radical (unpaired) electrons. The normalized spacial score (nSPS) is 31.4. The maximum atomic E-state index is 13.1. The second kappa shape index (κ2) is 10.9. The number of rotatable bonds is 11. The smallest absolute Gasteiger partial charge is 0.255 e. The summed E-state index contributed by atoms with van der Waals surface area (Å²) in [5.74, 6) is 1.66. The minimum Gasteiger partial charge on any atom is -0.489 e. The Kier molecular flexibility index (Phi) is 6.97. The van der Waals surface area contributed by atoms with E-state index >= 15 is 0 Å². The van der Waals surface area contributed by atoms with Gasteiger partial charge in [0.15, 0.2) is 0 Å². The van der Waals surface area contributed by atoms with Crippen molar-refractivity contribution < 1.29 is 23.9 Å². The average molecular weight is 617 g/mol. The molecule has 5 fully saturated rings. The summed E-state index contributed by atoms with van der Waals surface area (Å²) in [4.78, 5) is 55.8. The molecule has 1 N–H and O–H groups in total. The van der Waals surface area contributed by atoms with Gasteiger partial charge in [-0.25, -0.2) is 10.0 Å². The lowest BCUT2D eigenvalue weighted by molar-refractivity contribution is -0.137. The Morgan fingerprint density at radius 3 is 2.48 bits per heavy atom. The van der Waals surface area contributed by atoms with Crippen LogP contribution in [0.5, 0.6) is 5.75 Å². The first kappa shape index (κ1) is 28.1. The van der Waals surface area contributed by atoms with Crippen molar-refractivity contribution in [3.05, 3.63) is 64.7 Å². The Balaban J connectivity index is 0.780. The minimum atomic E-state index is -0.644. The summed E-state index contributed by atoms with van der Waals surface area (Å²) in [5, 5.41) is 5.87. The van der Waals surface area contributed by atoms with Crippen LogP contribution in [0.2, 0.25) is 0 Å². The zero-order chi connectivity index (χ0) is 30.0. The summed E-state index contributed by atoms with van der Waals surface area (Å²) >= 11 is 0. The summed E-state index contributed by atoms with van der Waals surface area (Å²) in [6.07, 6.45) is 4.97. The fraction of sp³-hybridized carbons (Fsp3) is 0.529. The van der Waals surface area contributed by atoms with E-state index < -0.39 is 11.9 Å². The number of hydrogen-bond donors (Lipinski definition) is 1. The number of nitrogens with one attached hydrogen (secondary N) is 1. The third-order valence-electron chi connectivity index (χ3n) is 10.8. The molecule has 8 rings (SSSR count). The number of unbranched alkanes of at least 4 members (excludes halogenated alkanes) is 1. The maximum absolute atomic E-state index is 13.1. The highest BCUT2D eigenvalue weighted by Gasteiger charge is 2.93. The van der Waals surface area contributed by atoms with Crippen molar-refractivity contribution in [3.63, 3.8) is 0 Å². The summed E-state index contributed by atoms with van der Waals surface area (Å²) in [6, 6.07) is 13.2. The number of ether oxygens (including phenoxy) is 1. The molecule has 5 unspecified atom stereocenters. The molecule has 6 aliphatic heterocycles. The molecule has 0 aliphatic carbocycles. The molecule has 10 heteroatoms. The Morgan fingerprint density at radius 1 is 0.977 bits per heavy atom. The molecule has 6 heterocycles. The summed E-state index contributed by atoms with van der Waals surface area (Å²) < 4.78 is 6.17. The van der Waals surface area contributed by atoms with Crippen LogP contribution < -0.4 is 10.1 Å². The number of piperidine rings is 1. The van der Waals surface area contributed by atoms with Crippen LogP contribution in [-0.2, 0) is 34.1 Å². The van der Waals surface area contributed by atoms with Gasteiger partial charge in [0.25, 0.3) is 5.91 Å². The number of carbonyl (C=O) groups excluding carboxylic acids is 4. The lowest BCUT2D eigenvalue weighted by atomic mass is 10.0. The van der Waals surface area contributed by atoms with E-state index in [2.05, 4.69) is 39.4 Å². The van der Waals surface area contributed by atoms with Gasteiger partial charge in [-0.1, -0.05) is 36.8 Å². The van der Waals surface area contributed by atoms with Gasteiger partial charge in [0.05, 0.1) is 6.54 Å². The zero-order valence-corrected chi connectivity index (χ0v) is 25.9. The number of carbonyl (C=O) groups is 4. The van der Waals surface area contributed by atoms with Crippen LogP contribution in [0.25, 0.3) is 0 Å². The Hall–Kier alpha value is -3.37. The molecule has 5 saturated heterocycles. The standard InChI is InChI=1S/C34H40N4O5S/c39-30-13-12-26(33(41)35-30)38-19-25-24(34(38)42)4-3-5-27(25)43-20-23-10-8-22(9-11-23)18-36-14-16-37(17-15-36)31(40)7-2-1-6-28-32-29-21-44(28,29)32/h3-5,8-11,26,28-29,32H,1-2,6-7,12-21H2,(H,35,39,41). The topological polar surface area (TPSA) is 99.3 Å². The van der Waals surface area contributed by atoms with Crippen LogP contribution in [0.3, 0.4) is 0 Å². The number of hydrogen-bond acceptors (Lipinski definition) is 6. The first-order chi connectivity index (χ1) is 21.4. The highest BCUT2D eigenvalue weighted by molar-refractivity contribution is 8.54. The van der Waals surface area contributed by atoms with Crippen molar-refractivity contribution in [2.24, 2.45) is 0 Å². The van der Waals surface area contributed by atoms with E-state index in [0.29, 0.717) is 36.7 Å². The van der Waals surface area contributed by atoms with Crippen molar-refractivity contribution in [2.45, 2.75) is 80.0 Å². The lowest BCUT2D eigenvalue weighted by Gasteiger charge is -2.35. The van der Waals surface area contributed by atoms with Gasteiger partial charge in [-0.05, 0) is 48.3 Å². The number of piperazine rings is 1. The van der Waals surface area contributed by atoms with Crippen LogP contribution in [0, 0.1) is 0 Å². The molecule has 0 bridgehead atoms. The van der Waals surface area contributed by atoms with Gasteiger partial charge in [0, 0.05) is 72.4 Å². The zero-order valence-electron chi connectivity index (χ0n) is 25.0. The van der Waals surface area contributed by atoms with Crippen LogP contribution in [-0.4, -0.2) is 92.1 Å². The summed E-state index contributed by atoms with van der Waals surface area (Å²) in [6.45, 7) is 4.96. The Morgan fingerprint density at radius 2 is 1.75 bits per heavy atom. The summed E-state index contributed by atoms with van der Waals surface area (Å²) in [5.41, 5.74) is 3.59. The van der Waals surface area contributed by atoms with E-state index in [1.807, 2.05) is 6.07 Å². The highest BCUT2D eigenvalue weighted by atomic mass is 32.3. The molecule has 4 amide bonds. The third-order valence-corrected chi connectivity index (χ3v) is 15.6. The predicted octanol–water partition coefficient (Wildman–Crippen LogP) is 3.18. The van der Waals surface area contributed by atoms with E-state index in [1.54, 1.807) is 22.8 Å². The van der Waals surface area contributed by atoms with Gasteiger partial charge < -0.3 is 14.5 Å². The van der Waals surface area contributed by atoms with Gasteiger partial charge in [-0.2, -0.15) is 0 Å². The van der Waals surface area contributed by atoms with Crippen LogP contribution in [0.1, 0.15) is 65.6 Å². The van der Waals surface area contributed by atoms with Gasteiger partial charge >= 0.3 is 0 Å². The number of fused-ring (bicyclic) bond motifs is 2. The molecule has 0 aromatic heterocycles. The van der Waals surface area contributed by atoms with E-state index in [9.17, 15) is 19.2 Å². The quantitative estimate of drug-likeness (QED) is 0.237. The molecule has 6 aliphatic rings.